The van der Waals surface area contributed by atoms with Crippen molar-refractivity contribution in [2.75, 3.05) is 42.6 Å². The quantitative estimate of drug-likeness (QED) is 0.486. The fraction of sp³-hybridized carbons (Fsp3) is 0.200. The number of fused-ring (bicyclic) bond motifs is 1. The number of carbonyl (C=O) groups is 1. The van der Waals surface area contributed by atoms with Gasteiger partial charge < -0.3 is 19.6 Å². The van der Waals surface area contributed by atoms with Gasteiger partial charge >= 0.3 is 5.97 Å². The van der Waals surface area contributed by atoms with E-state index in [1.807, 2.05) is 60.7 Å². The molecule has 8 nitrogen and oxygen atoms in total. The van der Waals surface area contributed by atoms with Crippen molar-refractivity contribution in [1.29, 1.82) is 0 Å². The van der Waals surface area contributed by atoms with Crippen LogP contribution in [0.5, 0.6) is 5.75 Å². The zero-order chi connectivity index (χ0) is 22.6. The second-order valence-corrected chi connectivity index (χ2v) is 7.75. The van der Waals surface area contributed by atoms with Gasteiger partial charge in [-0.25, -0.2) is 14.8 Å². The number of nitrogens with zero attached hydrogens (tertiary/aromatic N) is 5. The third kappa shape index (κ3) is 4.55. The molecule has 1 N–H and O–H groups in total. The number of para-hydroxylation sites is 1. The van der Waals surface area contributed by atoms with Crippen molar-refractivity contribution in [3.8, 4) is 17.3 Å². The smallest absolute Gasteiger partial charge is 0.341 e. The van der Waals surface area contributed by atoms with Gasteiger partial charge in [0.05, 0.1) is 5.52 Å². The van der Waals surface area contributed by atoms with Crippen LogP contribution in [0.4, 0.5) is 11.5 Å². The van der Waals surface area contributed by atoms with Crippen LogP contribution in [0.1, 0.15) is 0 Å². The summed E-state index contributed by atoms with van der Waals surface area (Å²) < 4.78 is 5.23. The average molecular weight is 441 g/mol. The van der Waals surface area contributed by atoms with E-state index in [1.54, 1.807) is 6.20 Å². The highest BCUT2D eigenvalue weighted by Crippen LogP contribution is 2.29. The number of aromatic nitrogens is 3. The predicted molar refractivity (Wildman–Crippen MR) is 127 cm³/mol. The van der Waals surface area contributed by atoms with Crippen molar-refractivity contribution in [1.82, 2.24) is 15.0 Å². The predicted octanol–water partition coefficient (Wildman–Crippen LogP) is 3.48. The van der Waals surface area contributed by atoms with Crippen LogP contribution in [0.3, 0.4) is 0 Å². The Morgan fingerprint density at radius 1 is 0.879 bits per heavy atom. The van der Waals surface area contributed by atoms with Gasteiger partial charge in [-0.05, 0) is 48.5 Å². The van der Waals surface area contributed by atoms with Crippen LogP contribution in [-0.4, -0.2) is 58.8 Å². The van der Waals surface area contributed by atoms with Crippen molar-refractivity contribution in [2.24, 2.45) is 0 Å². The van der Waals surface area contributed by atoms with Gasteiger partial charge in [0.1, 0.15) is 17.3 Å². The molecule has 0 amide bonds. The molecule has 4 aromatic rings. The number of piperazine rings is 1. The van der Waals surface area contributed by atoms with Gasteiger partial charge in [0.25, 0.3) is 0 Å². The molecule has 0 radical (unpaired) electrons. The normalized spacial score (nSPS) is 13.8. The summed E-state index contributed by atoms with van der Waals surface area (Å²) in [5.74, 6) is 1.12. The molecular weight excluding hydrogens is 418 g/mol. The van der Waals surface area contributed by atoms with Crippen molar-refractivity contribution in [2.45, 2.75) is 0 Å². The number of carboxylic acids is 1. The van der Waals surface area contributed by atoms with Crippen molar-refractivity contribution < 1.29 is 14.6 Å². The first-order valence-electron chi connectivity index (χ1n) is 10.8. The Kier molecular flexibility index (Phi) is 5.72. The molecule has 1 saturated heterocycles. The lowest BCUT2D eigenvalue weighted by Gasteiger charge is -2.37. The molecule has 166 valence electrons. The maximum absolute atomic E-state index is 10.7. The maximum atomic E-state index is 10.7. The highest BCUT2D eigenvalue weighted by molar-refractivity contribution is 5.91. The fourth-order valence-electron chi connectivity index (χ4n) is 3.99. The summed E-state index contributed by atoms with van der Waals surface area (Å²) >= 11 is 0. The van der Waals surface area contributed by atoms with Gasteiger partial charge in [-0.1, -0.05) is 18.2 Å². The molecule has 0 saturated carbocycles. The Balaban J connectivity index is 1.35. The second-order valence-electron chi connectivity index (χ2n) is 7.75. The van der Waals surface area contributed by atoms with E-state index in [9.17, 15) is 4.79 Å². The van der Waals surface area contributed by atoms with Crippen molar-refractivity contribution in [3.05, 3.63) is 72.9 Å². The molecule has 0 spiro atoms. The SMILES string of the molecule is O=C(O)COc1ccc(N2CCN(c3nc(-c4ccccn4)nc4ccccc34)CC2)cc1. The minimum atomic E-state index is -0.987. The molecule has 0 unspecified atom stereocenters. The number of hydrogen-bond acceptors (Lipinski definition) is 7. The molecule has 8 heteroatoms. The molecule has 0 bridgehead atoms. The zero-order valence-electron chi connectivity index (χ0n) is 18.0. The van der Waals surface area contributed by atoms with E-state index >= 15 is 0 Å². The standard InChI is InChI=1S/C25H23N5O3/c31-23(32)17-33-19-10-8-18(9-11-19)29-13-15-30(16-14-29)25-20-5-1-2-6-21(20)27-24(28-25)22-7-3-4-12-26-22/h1-12H,13-17H2,(H,31,32). The van der Waals surface area contributed by atoms with E-state index in [-0.39, 0.29) is 6.61 Å². The summed E-state index contributed by atoms with van der Waals surface area (Å²) in [7, 11) is 0. The lowest BCUT2D eigenvalue weighted by atomic mass is 10.2. The Labute approximate surface area is 191 Å². The summed E-state index contributed by atoms with van der Waals surface area (Å²) in [6.07, 6.45) is 1.75. The number of aliphatic carboxylic acids is 1. The Morgan fingerprint density at radius 2 is 1.61 bits per heavy atom. The van der Waals surface area contributed by atoms with Crippen LogP contribution in [-0.2, 0) is 4.79 Å². The molecule has 5 rings (SSSR count). The number of pyridine rings is 1. The van der Waals surface area contributed by atoms with Crippen LogP contribution < -0.4 is 14.5 Å². The molecule has 1 aliphatic heterocycles. The van der Waals surface area contributed by atoms with Gasteiger partial charge in [0, 0.05) is 43.4 Å². The Morgan fingerprint density at radius 3 is 2.33 bits per heavy atom. The van der Waals surface area contributed by atoms with Crippen LogP contribution in [0.25, 0.3) is 22.4 Å². The monoisotopic (exact) mass is 441 g/mol. The highest BCUT2D eigenvalue weighted by Gasteiger charge is 2.21. The number of hydrogen-bond donors (Lipinski definition) is 1. The minimum absolute atomic E-state index is 0.342. The zero-order valence-corrected chi connectivity index (χ0v) is 18.0. The third-order valence-electron chi connectivity index (χ3n) is 5.62. The highest BCUT2D eigenvalue weighted by atomic mass is 16.5. The van der Waals surface area contributed by atoms with E-state index in [4.69, 9.17) is 19.8 Å². The topological polar surface area (TPSA) is 91.7 Å². The number of benzene rings is 2. The van der Waals surface area contributed by atoms with E-state index in [0.717, 1.165) is 54.3 Å². The van der Waals surface area contributed by atoms with E-state index in [0.29, 0.717) is 11.6 Å². The molecule has 3 heterocycles. The molecule has 2 aromatic carbocycles. The first-order chi connectivity index (χ1) is 16.2. The molecule has 0 atom stereocenters. The number of anilines is 2. The average Bonchev–Trinajstić information content (AvgIpc) is 2.88. The number of carboxylic acid groups (broad SMARTS) is 1. The van der Waals surface area contributed by atoms with Crippen molar-refractivity contribution >= 4 is 28.4 Å². The number of ether oxygens (including phenoxy) is 1. The lowest BCUT2D eigenvalue weighted by Crippen LogP contribution is -2.47. The van der Waals surface area contributed by atoms with E-state index in [2.05, 4.69) is 20.9 Å². The van der Waals surface area contributed by atoms with Crippen molar-refractivity contribution in [3.63, 3.8) is 0 Å². The van der Waals surface area contributed by atoms with Gasteiger partial charge in [0.15, 0.2) is 12.4 Å². The minimum Gasteiger partial charge on any atom is -0.482 e. The molecule has 0 aliphatic carbocycles. The molecule has 1 aliphatic rings. The molecule has 33 heavy (non-hydrogen) atoms. The van der Waals surface area contributed by atoms with Gasteiger partial charge in [-0.3, -0.25) is 4.98 Å². The van der Waals surface area contributed by atoms with E-state index < -0.39 is 5.97 Å². The molecular formula is C25H23N5O3. The summed E-state index contributed by atoms with van der Waals surface area (Å²) in [4.78, 5) is 29.4. The second kappa shape index (κ2) is 9.12. The molecule has 2 aromatic heterocycles. The van der Waals surface area contributed by atoms with Gasteiger partial charge in [-0.2, -0.15) is 0 Å². The van der Waals surface area contributed by atoms with Gasteiger partial charge in [-0.15, -0.1) is 0 Å². The van der Waals surface area contributed by atoms with Crippen LogP contribution in [0, 0.1) is 0 Å². The van der Waals surface area contributed by atoms with Crippen LogP contribution >= 0.6 is 0 Å². The first kappa shape index (κ1) is 20.7. The summed E-state index contributed by atoms with van der Waals surface area (Å²) in [5, 5.41) is 9.78. The largest absolute Gasteiger partial charge is 0.482 e. The summed E-state index contributed by atoms with van der Waals surface area (Å²) in [5.41, 5.74) is 2.75. The van der Waals surface area contributed by atoms with E-state index in [1.165, 1.54) is 0 Å². The van der Waals surface area contributed by atoms with Gasteiger partial charge in [0.2, 0.25) is 0 Å². The maximum Gasteiger partial charge on any atom is 0.341 e. The number of rotatable bonds is 6. The fourth-order valence-corrected chi connectivity index (χ4v) is 3.99. The first-order valence-corrected chi connectivity index (χ1v) is 10.8. The third-order valence-corrected chi connectivity index (χ3v) is 5.62. The Hall–Kier alpha value is -4.20. The van der Waals surface area contributed by atoms with Crippen LogP contribution in [0.2, 0.25) is 0 Å². The lowest BCUT2D eigenvalue weighted by molar-refractivity contribution is -0.139. The Bertz CT molecular complexity index is 1260. The molecule has 1 fully saturated rings. The summed E-state index contributed by atoms with van der Waals surface area (Å²) in [6, 6.07) is 21.4. The van der Waals surface area contributed by atoms with Crippen LogP contribution in [0.15, 0.2) is 72.9 Å². The summed E-state index contributed by atoms with van der Waals surface area (Å²) in [6.45, 7) is 2.98.